The molecule has 166 valence electrons. The molecule has 0 aliphatic carbocycles. The molecule has 0 aromatic heterocycles. The van der Waals surface area contributed by atoms with E-state index in [0.29, 0.717) is 18.7 Å². The smallest absolute Gasteiger partial charge is 0.262 e. The van der Waals surface area contributed by atoms with Crippen LogP contribution in [0.1, 0.15) is 30.5 Å². The Balaban J connectivity index is 1.91. The van der Waals surface area contributed by atoms with Crippen LogP contribution in [-0.4, -0.2) is 36.8 Å². The maximum absolute atomic E-state index is 12.5. The van der Waals surface area contributed by atoms with E-state index in [4.69, 9.17) is 12.2 Å². The van der Waals surface area contributed by atoms with Gasteiger partial charge in [-0.25, -0.2) is 8.42 Å². The SMILES string of the molecule is CCN(CC)S(=O)(=O)c1ccc(/C=C/C(=O)NNC(=S)Nc2cccc(C)c2C)cc1. The van der Waals surface area contributed by atoms with Crippen molar-refractivity contribution in [2.24, 2.45) is 0 Å². The van der Waals surface area contributed by atoms with E-state index in [0.717, 1.165) is 16.8 Å². The minimum Gasteiger partial charge on any atom is -0.331 e. The Morgan fingerprint density at radius 1 is 1.03 bits per heavy atom. The molecule has 3 N–H and O–H groups in total. The summed E-state index contributed by atoms with van der Waals surface area (Å²) in [6.45, 7) is 8.42. The third kappa shape index (κ3) is 6.61. The van der Waals surface area contributed by atoms with E-state index in [1.54, 1.807) is 32.1 Å². The van der Waals surface area contributed by atoms with Crippen molar-refractivity contribution in [1.29, 1.82) is 0 Å². The Hall–Kier alpha value is -2.75. The first kappa shape index (κ1) is 24.5. The van der Waals surface area contributed by atoms with Crippen molar-refractivity contribution in [3.63, 3.8) is 0 Å². The topological polar surface area (TPSA) is 90.5 Å². The van der Waals surface area contributed by atoms with Crippen LogP contribution in [0.5, 0.6) is 0 Å². The fourth-order valence-electron chi connectivity index (χ4n) is 2.84. The highest BCUT2D eigenvalue weighted by Crippen LogP contribution is 2.18. The third-order valence-corrected chi connectivity index (χ3v) is 7.07. The average Bonchev–Trinajstić information content (AvgIpc) is 2.75. The van der Waals surface area contributed by atoms with Crippen molar-refractivity contribution in [2.45, 2.75) is 32.6 Å². The number of sulfonamides is 1. The molecule has 9 heteroatoms. The Labute approximate surface area is 189 Å². The number of carbonyl (C=O) groups is 1. The molecule has 0 radical (unpaired) electrons. The van der Waals surface area contributed by atoms with Gasteiger partial charge in [-0.15, -0.1) is 0 Å². The first-order valence-corrected chi connectivity index (χ1v) is 11.7. The zero-order valence-corrected chi connectivity index (χ0v) is 19.7. The summed E-state index contributed by atoms with van der Waals surface area (Å²) in [4.78, 5) is 12.3. The average molecular weight is 461 g/mol. The number of rotatable bonds is 7. The fraction of sp³-hybridized carbons (Fsp3) is 0.273. The van der Waals surface area contributed by atoms with Crippen molar-refractivity contribution in [3.05, 3.63) is 65.2 Å². The highest BCUT2D eigenvalue weighted by Gasteiger charge is 2.20. The molecule has 0 bridgehead atoms. The monoisotopic (exact) mass is 460 g/mol. The summed E-state index contributed by atoms with van der Waals surface area (Å²) >= 11 is 5.20. The molecule has 2 aromatic rings. The molecule has 2 rings (SSSR count). The summed E-state index contributed by atoms with van der Waals surface area (Å²) in [5, 5.41) is 3.30. The molecular formula is C22H28N4O3S2. The summed E-state index contributed by atoms with van der Waals surface area (Å²) < 4.78 is 26.4. The lowest BCUT2D eigenvalue weighted by molar-refractivity contribution is -0.116. The lowest BCUT2D eigenvalue weighted by atomic mass is 10.1. The summed E-state index contributed by atoms with van der Waals surface area (Å²) in [5.41, 5.74) is 8.91. The predicted octanol–water partition coefficient (Wildman–Crippen LogP) is 3.36. The van der Waals surface area contributed by atoms with Crippen molar-refractivity contribution in [2.75, 3.05) is 18.4 Å². The molecule has 2 aromatic carbocycles. The molecule has 0 unspecified atom stereocenters. The van der Waals surface area contributed by atoms with Gasteiger partial charge in [-0.05, 0) is 67.0 Å². The standard InChI is InChI=1S/C22H28N4O3S2/c1-5-26(6-2)31(28,29)19-13-10-18(11-14-19)12-15-21(27)24-25-22(30)23-20-9-7-8-16(3)17(20)4/h7-15H,5-6H2,1-4H3,(H,24,27)(H2,23,25,30)/b15-12+. The molecule has 31 heavy (non-hydrogen) atoms. The van der Waals surface area contributed by atoms with Gasteiger partial charge in [-0.1, -0.05) is 38.1 Å². The third-order valence-electron chi connectivity index (χ3n) is 4.80. The van der Waals surface area contributed by atoms with Crippen LogP contribution in [0, 0.1) is 13.8 Å². The van der Waals surface area contributed by atoms with Crippen LogP contribution in [0.25, 0.3) is 6.08 Å². The van der Waals surface area contributed by atoms with Crippen LogP contribution in [0.3, 0.4) is 0 Å². The molecule has 0 saturated carbocycles. The molecule has 0 heterocycles. The molecule has 1 amide bonds. The van der Waals surface area contributed by atoms with Gasteiger partial charge in [0.05, 0.1) is 4.90 Å². The van der Waals surface area contributed by atoms with Gasteiger partial charge in [0.25, 0.3) is 5.91 Å². The van der Waals surface area contributed by atoms with Crippen LogP contribution in [0.4, 0.5) is 5.69 Å². The van der Waals surface area contributed by atoms with E-state index in [1.165, 1.54) is 22.5 Å². The summed E-state index contributed by atoms with van der Waals surface area (Å²) in [7, 11) is -3.50. The fourth-order valence-corrected chi connectivity index (χ4v) is 4.45. The van der Waals surface area contributed by atoms with Crippen LogP contribution in [0.15, 0.2) is 53.4 Å². The number of amides is 1. The lowest BCUT2D eigenvalue weighted by Crippen LogP contribution is -2.43. The van der Waals surface area contributed by atoms with E-state index < -0.39 is 15.9 Å². The highest BCUT2D eigenvalue weighted by atomic mass is 32.2. The molecule has 0 spiro atoms. The van der Waals surface area contributed by atoms with Crippen molar-refractivity contribution < 1.29 is 13.2 Å². The van der Waals surface area contributed by atoms with Crippen molar-refractivity contribution in [3.8, 4) is 0 Å². The molecule has 0 fully saturated rings. The number of hydrazine groups is 1. The number of anilines is 1. The Morgan fingerprint density at radius 3 is 2.29 bits per heavy atom. The maximum Gasteiger partial charge on any atom is 0.262 e. The van der Waals surface area contributed by atoms with Crippen LogP contribution in [-0.2, 0) is 14.8 Å². The van der Waals surface area contributed by atoms with Gasteiger partial charge in [-0.3, -0.25) is 15.6 Å². The summed E-state index contributed by atoms with van der Waals surface area (Å²) in [5.74, 6) is -0.398. The van der Waals surface area contributed by atoms with E-state index in [1.807, 2.05) is 32.0 Å². The van der Waals surface area contributed by atoms with Gasteiger partial charge < -0.3 is 5.32 Å². The summed E-state index contributed by atoms with van der Waals surface area (Å²) in [6, 6.07) is 12.2. The van der Waals surface area contributed by atoms with E-state index in [9.17, 15) is 13.2 Å². The molecular weight excluding hydrogens is 432 g/mol. The first-order chi connectivity index (χ1) is 14.7. The second-order valence-corrected chi connectivity index (χ2v) is 9.15. The van der Waals surface area contributed by atoms with Gasteiger partial charge in [0.15, 0.2) is 5.11 Å². The van der Waals surface area contributed by atoms with Gasteiger partial charge in [0.1, 0.15) is 0 Å². The minimum atomic E-state index is -3.50. The van der Waals surface area contributed by atoms with Gasteiger partial charge in [0.2, 0.25) is 10.0 Å². The van der Waals surface area contributed by atoms with E-state index in [2.05, 4.69) is 16.2 Å². The molecule has 7 nitrogen and oxygen atoms in total. The van der Waals surface area contributed by atoms with E-state index >= 15 is 0 Å². The number of thiocarbonyl (C=S) groups is 1. The minimum absolute atomic E-state index is 0.224. The largest absolute Gasteiger partial charge is 0.331 e. The van der Waals surface area contributed by atoms with Crippen LogP contribution in [0.2, 0.25) is 0 Å². The zero-order valence-electron chi connectivity index (χ0n) is 18.1. The number of hydrogen-bond acceptors (Lipinski definition) is 4. The number of hydrogen-bond donors (Lipinski definition) is 3. The van der Waals surface area contributed by atoms with Crippen molar-refractivity contribution in [1.82, 2.24) is 15.2 Å². The van der Waals surface area contributed by atoms with Crippen LogP contribution >= 0.6 is 12.2 Å². The van der Waals surface area contributed by atoms with Gasteiger partial charge >= 0.3 is 0 Å². The Bertz CT molecular complexity index is 1060. The maximum atomic E-state index is 12.5. The van der Waals surface area contributed by atoms with Crippen LogP contribution < -0.4 is 16.2 Å². The Kier molecular flexibility index (Phi) is 8.73. The zero-order chi connectivity index (χ0) is 23.0. The van der Waals surface area contributed by atoms with Gasteiger partial charge in [0, 0.05) is 24.9 Å². The summed E-state index contributed by atoms with van der Waals surface area (Å²) in [6.07, 6.45) is 2.92. The predicted molar refractivity (Wildman–Crippen MR) is 129 cm³/mol. The number of benzene rings is 2. The number of carbonyl (C=O) groups excluding carboxylic acids is 1. The number of nitrogens with zero attached hydrogens (tertiary/aromatic N) is 1. The normalized spacial score (nSPS) is 11.5. The second kappa shape index (κ2) is 11.0. The number of nitrogens with one attached hydrogen (secondary N) is 3. The lowest BCUT2D eigenvalue weighted by Gasteiger charge is -2.18. The first-order valence-electron chi connectivity index (χ1n) is 9.90. The highest BCUT2D eigenvalue weighted by molar-refractivity contribution is 7.89. The molecule has 0 aliphatic heterocycles. The van der Waals surface area contributed by atoms with E-state index in [-0.39, 0.29) is 10.0 Å². The number of aryl methyl sites for hydroxylation is 1. The van der Waals surface area contributed by atoms with Crippen molar-refractivity contribution >= 4 is 45.0 Å². The second-order valence-electron chi connectivity index (χ2n) is 6.81. The molecule has 0 saturated heterocycles. The van der Waals surface area contributed by atoms with Gasteiger partial charge in [-0.2, -0.15) is 4.31 Å². The quantitative estimate of drug-likeness (QED) is 0.333. The molecule has 0 aliphatic rings. The Morgan fingerprint density at radius 2 is 1.68 bits per heavy atom. The molecule has 0 atom stereocenters.